The van der Waals surface area contributed by atoms with Gasteiger partial charge in [0.2, 0.25) is 5.78 Å². The zero-order valence-corrected chi connectivity index (χ0v) is 20.8. The van der Waals surface area contributed by atoms with Crippen LogP contribution in [0.25, 0.3) is 11.0 Å². The second kappa shape index (κ2) is 9.76. The third-order valence-electron chi connectivity index (χ3n) is 6.05. The maximum atomic E-state index is 13.6. The Morgan fingerprint density at radius 3 is 2.74 bits per heavy atom. The number of nitrogens with zero attached hydrogens (tertiary/aromatic N) is 4. The number of carbonyl (C=O) groups is 2. The zero-order chi connectivity index (χ0) is 24.6. The number of pyridine rings is 1. The van der Waals surface area contributed by atoms with Gasteiger partial charge in [0.25, 0.3) is 0 Å². The molecular formula is C24H29ClN4O5. The van der Waals surface area contributed by atoms with Crippen LogP contribution >= 0.6 is 11.6 Å². The van der Waals surface area contributed by atoms with E-state index in [1.54, 1.807) is 38.1 Å². The van der Waals surface area contributed by atoms with Gasteiger partial charge in [0, 0.05) is 19.3 Å². The molecule has 3 atom stereocenters. The number of fused-ring (bicyclic) bond motifs is 1. The summed E-state index contributed by atoms with van der Waals surface area (Å²) < 4.78 is 19.1. The number of hydrogen-bond donors (Lipinski definition) is 0. The molecule has 0 unspecified atom stereocenters. The summed E-state index contributed by atoms with van der Waals surface area (Å²) in [6.07, 6.45) is 4.43. The lowest BCUT2D eigenvalue weighted by atomic mass is 9.95. The number of amides is 1. The highest BCUT2D eigenvalue weighted by atomic mass is 35.5. The third-order valence-corrected chi connectivity index (χ3v) is 6.24. The molecule has 4 heterocycles. The number of aryl methyl sites for hydroxylation is 2. The van der Waals surface area contributed by atoms with Crippen LogP contribution in [0.5, 0.6) is 0 Å². The molecule has 34 heavy (non-hydrogen) atoms. The molecule has 0 spiro atoms. The fraction of sp³-hybridized carbons (Fsp3) is 0.500. The Balaban J connectivity index is 1.95. The van der Waals surface area contributed by atoms with E-state index in [0.29, 0.717) is 40.8 Å². The van der Waals surface area contributed by atoms with Crippen LogP contribution < -0.4 is 4.90 Å². The van der Waals surface area contributed by atoms with Crippen LogP contribution in [0.1, 0.15) is 61.8 Å². The number of ketones is 1. The smallest absolute Gasteiger partial charge is 0.414 e. The molecule has 182 valence electrons. The van der Waals surface area contributed by atoms with Gasteiger partial charge in [-0.1, -0.05) is 18.5 Å². The van der Waals surface area contributed by atoms with Crippen LogP contribution in [-0.2, 0) is 16.5 Å². The largest absolute Gasteiger partial charge is 0.449 e. The van der Waals surface area contributed by atoms with E-state index in [4.69, 9.17) is 25.5 Å². The molecule has 1 amide bonds. The van der Waals surface area contributed by atoms with Crippen molar-refractivity contribution in [3.63, 3.8) is 0 Å². The van der Waals surface area contributed by atoms with E-state index in [0.717, 1.165) is 6.42 Å². The second-order valence-electron chi connectivity index (χ2n) is 8.59. The zero-order valence-electron chi connectivity index (χ0n) is 20.0. The lowest BCUT2D eigenvalue weighted by Gasteiger charge is -2.39. The van der Waals surface area contributed by atoms with Crippen molar-refractivity contribution in [3.8, 4) is 0 Å². The van der Waals surface area contributed by atoms with Gasteiger partial charge in [0.1, 0.15) is 10.8 Å². The Kier molecular flexibility index (Phi) is 6.95. The summed E-state index contributed by atoms with van der Waals surface area (Å²) in [4.78, 5) is 32.8. The summed E-state index contributed by atoms with van der Waals surface area (Å²) in [5, 5.41) is 4.88. The molecule has 0 saturated carbocycles. The first-order valence-corrected chi connectivity index (χ1v) is 11.9. The number of halogens is 1. The van der Waals surface area contributed by atoms with Crippen molar-refractivity contribution in [2.45, 2.75) is 65.2 Å². The van der Waals surface area contributed by atoms with Gasteiger partial charge in [0.05, 0.1) is 41.7 Å². The molecule has 1 fully saturated rings. The Bertz CT molecular complexity index is 1220. The van der Waals surface area contributed by atoms with Gasteiger partial charge in [-0.3, -0.25) is 14.4 Å². The number of rotatable bonds is 6. The van der Waals surface area contributed by atoms with Crippen LogP contribution in [0.2, 0.25) is 5.15 Å². The number of anilines is 1. The average Bonchev–Trinajstić information content (AvgIpc) is 3.38. The van der Waals surface area contributed by atoms with Crippen molar-refractivity contribution < 1.29 is 23.5 Å². The van der Waals surface area contributed by atoms with E-state index < -0.39 is 11.9 Å². The van der Waals surface area contributed by atoms with Crippen molar-refractivity contribution >= 4 is 40.1 Å². The molecule has 3 aromatic rings. The van der Waals surface area contributed by atoms with Gasteiger partial charge in [-0.2, -0.15) is 5.10 Å². The molecule has 0 radical (unpaired) electrons. The number of hydrogen-bond acceptors (Lipinski definition) is 7. The molecule has 1 aliphatic heterocycles. The predicted octanol–water partition coefficient (Wildman–Crippen LogP) is 5.06. The fourth-order valence-corrected chi connectivity index (χ4v) is 4.81. The monoisotopic (exact) mass is 488 g/mol. The highest BCUT2D eigenvalue weighted by molar-refractivity contribution is 6.30. The van der Waals surface area contributed by atoms with E-state index in [1.807, 2.05) is 13.8 Å². The standard InChI is InChI=1S/C24H29ClN4O5/c1-6-17-9-16(8-13(3)33-17)29(24(31)32-7-2)20-18-10-19(25)27-14(4)22(18)34-23(20)21(30)15-11-26-28(5)12-15/h10-13,16-17H,6-9H2,1-5H3/t13-,16+,17+/m1/s1. The van der Waals surface area contributed by atoms with E-state index in [1.165, 1.54) is 10.9 Å². The summed E-state index contributed by atoms with van der Waals surface area (Å²) >= 11 is 6.30. The first-order valence-electron chi connectivity index (χ1n) is 11.5. The minimum Gasteiger partial charge on any atom is -0.449 e. The number of aromatic nitrogens is 3. The van der Waals surface area contributed by atoms with Crippen LogP contribution in [0.4, 0.5) is 10.5 Å². The molecule has 9 nitrogen and oxygen atoms in total. The number of carbonyl (C=O) groups excluding carboxylic acids is 2. The van der Waals surface area contributed by atoms with Gasteiger partial charge in [-0.15, -0.1) is 0 Å². The maximum absolute atomic E-state index is 13.6. The molecule has 0 aromatic carbocycles. The van der Waals surface area contributed by atoms with Crippen molar-refractivity contribution in [1.29, 1.82) is 0 Å². The molecule has 0 N–H and O–H groups in total. The third kappa shape index (κ3) is 4.54. The van der Waals surface area contributed by atoms with Crippen LogP contribution in [0.15, 0.2) is 22.9 Å². The predicted molar refractivity (Wildman–Crippen MR) is 128 cm³/mol. The average molecular weight is 489 g/mol. The summed E-state index contributed by atoms with van der Waals surface area (Å²) in [5.74, 6) is -0.369. The SMILES string of the molecule is CCOC(=O)N(c1c(C(=O)c2cnn(C)c2)oc2c(C)nc(Cl)cc12)[C@@H]1C[C@H](CC)O[C@H](C)C1. The topological polar surface area (TPSA) is 99.7 Å². The van der Waals surface area contributed by atoms with Gasteiger partial charge in [0.15, 0.2) is 11.3 Å². The number of ether oxygens (including phenoxy) is 2. The normalized spacial score (nSPS) is 20.5. The van der Waals surface area contributed by atoms with E-state index in [9.17, 15) is 9.59 Å². The minimum atomic E-state index is -0.551. The molecule has 1 saturated heterocycles. The fourth-order valence-electron chi connectivity index (χ4n) is 4.58. The van der Waals surface area contributed by atoms with Crippen molar-refractivity contribution in [1.82, 2.24) is 14.8 Å². The van der Waals surface area contributed by atoms with E-state index in [2.05, 4.69) is 10.1 Å². The lowest BCUT2D eigenvalue weighted by molar-refractivity contribution is -0.0485. The van der Waals surface area contributed by atoms with E-state index in [-0.39, 0.29) is 35.8 Å². The first-order chi connectivity index (χ1) is 16.2. The van der Waals surface area contributed by atoms with Crippen LogP contribution in [-0.4, -0.2) is 51.5 Å². The quantitative estimate of drug-likeness (QED) is 0.353. The van der Waals surface area contributed by atoms with Crippen LogP contribution in [0.3, 0.4) is 0 Å². The molecule has 3 aromatic heterocycles. The highest BCUT2D eigenvalue weighted by Gasteiger charge is 2.39. The van der Waals surface area contributed by atoms with Crippen molar-refractivity contribution in [2.24, 2.45) is 7.05 Å². The summed E-state index contributed by atoms with van der Waals surface area (Å²) in [5.41, 5.74) is 1.59. The molecule has 1 aliphatic rings. The van der Waals surface area contributed by atoms with Crippen molar-refractivity contribution in [3.05, 3.63) is 40.6 Å². The Hall–Kier alpha value is -2.91. The second-order valence-corrected chi connectivity index (χ2v) is 8.98. The molecule has 10 heteroatoms. The molecule has 4 rings (SSSR count). The Morgan fingerprint density at radius 1 is 1.32 bits per heavy atom. The van der Waals surface area contributed by atoms with Gasteiger partial charge in [-0.25, -0.2) is 9.78 Å². The first kappa shape index (κ1) is 24.2. The molecule has 0 aliphatic carbocycles. The minimum absolute atomic E-state index is 0.0201. The lowest BCUT2D eigenvalue weighted by Crippen LogP contribution is -2.48. The summed E-state index contributed by atoms with van der Waals surface area (Å²) in [6, 6.07) is 1.36. The van der Waals surface area contributed by atoms with Crippen LogP contribution in [0, 0.1) is 6.92 Å². The van der Waals surface area contributed by atoms with Crippen molar-refractivity contribution in [2.75, 3.05) is 11.5 Å². The number of furan rings is 1. The highest BCUT2D eigenvalue weighted by Crippen LogP contribution is 2.41. The van der Waals surface area contributed by atoms with Gasteiger partial charge >= 0.3 is 6.09 Å². The maximum Gasteiger partial charge on any atom is 0.414 e. The summed E-state index contributed by atoms with van der Waals surface area (Å²) in [6.45, 7) is 7.72. The van der Waals surface area contributed by atoms with Gasteiger partial charge < -0.3 is 13.9 Å². The molecule has 0 bridgehead atoms. The Labute approximate surface area is 203 Å². The molecular weight excluding hydrogens is 460 g/mol. The Morgan fingerprint density at radius 2 is 2.09 bits per heavy atom. The van der Waals surface area contributed by atoms with Gasteiger partial charge in [-0.05, 0) is 46.1 Å². The van der Waals surface area contributed by atoms with E-state index >= 15 is 0 Å². The summed E-state index contributed by atoms with van der Waals surface area (Å²) in [7, 11) is 1.73.